The van der Waals surface area contributed by atoms with Gasteiger partial charge in [-0.3, -0.25) is 0 Å². The molecule has 0 radical (unpaired) electrons. The van der Waals surface area contributed by atoms with Gasteiger partial charge in [0.25, 0.3) is 0 Å². The number of rotatable bonds is 9. The number of nitriles is 1. The highest BCUT2D eigenvalue weighted by molar-refractivity contribution is 7.12. The summed E-state index contributed by atoms with van der Waals surface area (Å²) >= 11 is 1.47. The van der Waals surface area contributed by atoms with Gasteiger partial charge in [0.1, 0.15) is 30.6 Å². The van der Waals surface area contributed by atoms with E-state index in [0.29, 0.717) is 23.8 Å². The van der Waals surface area contributed by atoms with Crippen LogP contribution in [0, 0.1) is 11.3 Å². The number of fused-ring (bicyclic) bond motifs is 1. The number of anilines is 1. The molecule has 6 nitrogen and oxygen atoms in total. The molecule has 1 aromatic heterocycles. The molecule has 0 unspecified atom stereocenters. The van der Waals surface area contributed by atoms with E-state index in [1.807, 2.05) is 24.6 Å². The third kappa shape index (κ3) is 5.05. The van der Waals surface area contributed by atoms with Crippen LogP contribution < -0.4 is 25.0 Å². The van der Waals surface area contributed by atoms with Gasteiger partial charge in [0, 0.05) is 37.6 Å². The molecule has 166 valence electrons. The zero-order chi connectivity index (χ0) is 22.3. The van der Waals surface area contributed by atoms with Crippen molar-refractivity contribution in [3.05, 3.63) is 64.5 Å². The van der Waals surface area contributed by atoms with E-state index in [1.54, 1.807) is 0 Å². The van der Waals surface area contributed by atoms with Gasteiger partial charge in [-0.25, -0.2) is 0 Å². The van der Waals surface area contributed by atoms with Crippen LogP contribution in [0.2, 0.25) is 0 Å². The summed E-state index contributed by atoms with van der Waals surface area (Å²) in [6.45, 7) is 4.71. The highest BCUT2D eigenvalue weighted by Gasteiger charge is 2.19. The summed E-state index contributed by atoms with van der Waals surface area (Å²) in [5.74, 6) is 0.883. The Morgan fingerprint density at radius 3 is 2.75 bits per heavy atom. The number of likely N-dealkylation sites (N-methyl/N-ethyl adjacent to an activating group) is 2. The van der Waals surface area contributed by atoms with Crippen molar-refractivity contribution in [2.24, 2.45) is 0 Å². The summed E-state index contributed by atoms with van der Waals surface area (Å²) in [5.41, 5.74) is 5.85. The molecular weight excluding hydrogens is 420 g/mol. The fourth-order valence-corrected chi connectivity index (χ4v) is 4.51. The molecule has 7 heteroatoms. The Morgan fingerprint density at radius 2 is 1.97 bits per heavy atom. The van der Waals surface area contributed by atoms with Crippen molar-refractivity contribution in [2.45, 2.75) is 13.2 Å². The van der Waals surface area contributed by atoms with Gasteiger partial charge in [-0.1, -0.05) is 30.3 Å². The molecule has 2 heterocycles. The van der Waals surface area contributed by atoms with E-state index < -0.39 is 0 Å². The molecule has 0 bridgehead atoms. The fourth-order valence-electron chi connectivity index (χ4n) is 3.63. The molecule has 0 spiro atoms. The molecule has 32 heavy (non-hydrogen) atoms. The van der Waals surface area contributed by atoms with E-state index in [9.17, 15) is 5.26 Å². The number of benzene rings is 2. The van der Waals surface area contributed by atoms with Crippen LogP contribution in [0.15, 0.2) is 47.8 Å². The Bertz CT molecular complexity index is 1090. The maximum absolute atomic E-state index is 9.82. The zero-order valence-corrected chi connectivity index (χ0v) is 19.3. The van der Waals surface area contributed by atoms with Crippen LogP contribution >= 0.6 is 11.3 Å². The quantitative estimate of drug-likeness (QED) is 0.482. The second-order valence-electron chi connectivity index (χ2n) is 7.76. The lowest BCUT2D eigenvalue weighted by Gasteiger charge is -2.28. The summed E-state index contributed by atoms with van der Waals surface area (Å²) < 4.78 is 11.8. The first-order chi connectivity index (χ1) is 15.7. The van der Waals surface area contributed by atoms with Crippen LogP contribution in [0.4, 0.5) is 5.69 Å². The lowest BCUT2D eigenvalue weighted by Crippen LogP contribution is -2.28. The Labute approximate surface area is 193 Å². The normalized spacial score (nSPS) is 12.7. The first kappa shape index (κ1) is 22.2. The first-order valence-corrected chi connectivity index (χ1v) is 11.6. The molecule has 4 rings (SSSR count). The summed E-state index contributed by atoms with van der Waals surface area (Å²) in [5, 5.41) is 19.0. The summed E-state index contributed by atoms with van der Waals surface area (Å²) in [6.07, 6.45) is 0. The van der Waals surface area contributed by atoms with Crippen LogP contribution in [0.5, 0.6) is 10.8 Å². The van der Waals surface area contributed by atoms with Gasteiger partial charge in [0.05, 0.1) is 12.2 Å². The van der Waals surface area contributed by atoms with Gasteiger partial charge in [0.15, 0.2) is 5.06 Å². The monoisotopic (exact) mass is 448 g/mol. The number of thiophene rings is 1. The Kier molecular flexibility index (Phi) is 7.28. The average molecular weight is 449 g/mol. The average Bonchev–Trinajstić information content (AvgIpc) is 3.24. The van der Waals surface area contributed by atoms with E-state index in [-0.39, 0.29) is 0 Å². The number of hydrogen-bond donors (Lipinski definition) is 2. The minimum absolute atomic E-state index is 0.433. The van der Waals surface area contributed by atoms with Gasteiger partial charge in [-0.15, -0.1) is 11.3 Å². The van der Waals surface area contributed by atoms with Crippen molar-refractivity contribution in [3.8, 4) is 28.0 Å². The van der Waals surface area contributed by atoms with Gasteiger partial charge in [-0.05, 0) is 35.9 Å². The summed E-state index contributed by atoms with van der Waals surface area (Å²) in [4.78, 5) is 2.18. The van der Waals surface area contributed by atoms with Crippen LogP contribution in [0.3, 0.4) is 0 Å². The smallest absolute Gasteiger partial charge is 0.192 e. The SMILES string of the molecule is CNCCNCc1ccc(COc2scc(-c3ccc4c(c3)N(C)CCO4)c2C#N)cc1. The maximum atomic E-state index is 9.82. The van der Waals surface area contributed by atoms with Crippen molar-refractivity contribution >= 4 is 17.0 Å². The predicted octanol–water partition coefficient (Wildman–Crippen LogP) is 4.00. The third-order valence-electron chi connectivity index (χ3n) is 5.51. The predicted molar refractivity (Wildman–Crippen MR) is 130 cm³/mol. The highest BCUT2D eigenvalue weighted by atomic mass is 32.1. The Hall–Kier alpha value is -3.05. The molecule has 2 N–H and O–H groups in total. The number of ether oxygens (including phenoxy) is 2. The van der Waals surface area contributed by atoms with Crippen molar-refractivity contribution in [1.82, 2.24) is 10.6 Å². The van der Waals surface area contributed by atoms with Gasteiger partial charge >= 0.3 is 0 Å². The van der Waals surface area contributed by atoms with Crippen LogP contribution in [0.1, 0.15) is 16.7 Å². The second kappa shape index (κ2) is 10.5. The van der Waals surface area contributed by atoms with E-state index in [0.717, 1.165) is 54.3 Å². The summed E-state index contributed by atoms with van der Waals surface area (Å²) in [6, 6.07) is 16.8. The highest BCUT2D eigenvalue weighted by Crippen LogP contribution is 2.41. The van der Waals surface area contributed by atoms with E-state index in [4.69, 9.17) is 9.47 Å². The van der Waals surface area contributed by atoms with Crippen molar-refractivity contribution in [2.75, 3.05) is 45.2 Å². The zero-order valence-electron chi connectivity index (χ0n) is 18.5. The van der Waals surface area contributed by atoms with Crippen molar-refractivity contribution in [3.63, 3.8) is 0 Å². The topological polar surface area (TPSA) is 69.6 Å². The molecule has 1 aliphatic heterocycles. The van der Waals surface area contributed by atoms with E-state index in [2.05, 4.69) is 59.0 Å². The molecule has 0 amide bonds. The Morgan fingerprint density at radius 1 is 1.16 bits per heavy atom. The molecule has 0 saturated heterocycles. The fraction of sp³-hybridized carbons (Fsp3) is 0.320. The Balaban J connectivity index is 1.43. The van der Waals surface area contributed by atoms with E-state index in [1.165, 1.54) is 16.9 Å². The molecule has 0 atom stereocenters. The van der Waals surface area contributed by atoms with Crippen LogP contribution in [0.25, 0.3) is 11.1 Å². The molecule has 0 aliphatic carbocycles. The minimum Gasteiger partial charge on any atom is -0.490 e. The van der Waals surface area contributed by atoms with Crippen molar-refractivity contribution < 1.29 is 9.47 Å². The molecule has 0 fully saturated rings. The van der Waals surface area contributed by atoms with Gasteiger partial charge in [-0.2, -0.15) is 5.26 Å². The number of nitrogens with zero attached hydrogens (tertiary/aromatic N) is 2. The largest absolute Gasteiger partial charge is 0.490 e. The molecular formula is C25H28N4O2S. The minimum atomic E-state index is 0.433. The van der Waals surface area contributed by atoms with Crippen LogP contribution in [-0.2, 0) is 13.2 Å². The van der Waals surface area contributed by atoms with Gasteiger partial charge in [0.2, 0.25) is 0 Å². The first-order valence-electron chi connectivity index (χ1n) is 10.8. The molecule has 2 aromatic carbocycles. The third-order valence-corrected chi connectivity index (χ3v) is 6.40. The maximum Gasteiger partial charge on any atom is 0.192 e. The second-order valence-corrected chi connectivity index (χ2v) is 8.60. The summed E-state index contributed by atoms with van der Waals surface area (Å²) in [7, 11) is 4.01. The van der Waals surface area contributed by atoms with Crippen molar-refractivity contribution in [1.29, 1.82) is 5.26 Å². The molecule has 0 saturated carbocycles. The van der Waals surface area contributed by atoms with Gasteiger partial charge < -0.3 is 25.0 Å². The lowest BCUT2D eigenvalue weighted by molar-refractivity contribution is 0.311. The molecule has 3 aromatic rings. The number of hydrogen-bond acceptors (Lipinski definition) is 7. The van der Waals surface area contributed by atoms with Crippen LogP contribution in [-0.4, -0.2) is 40.3 Å². The van der Waals surface area contributed by atoms with E-state index >= 15 is 0 Å². The standard InChI is InChI=1S/C25H28N4O2S/c1-27-9-10-28-15-18-3-5-19(6-4-18)16-31-25-21(14-26)22(17-32-25)20-7-8-24-23(13-20)29(2)11-12-30-24/h3-8,13,17,27-28H,9-12,15-16H2,1-2H3. The lowest BCUT2D eigenvalue weighted by atomic mass is 10.0. The number of nitrogens with one attached hydrogen (secondary N) is 2. The molecule has 1 aliphatic rings.